The molecule has 0 aromatic carbocycles. The van der Waals surface area contributed by atoms with Gasteiger partial charge in [0.2, 0.25) is 12.3 Å². The van der Waals surface area contributed by atoms with Gasteiger partial charge in [-0.3, -0.25) is 9.59 Å². The van der Waals surface area contributed by atoms with Crippen molar-refractivity contribution in [3.63, 3.8) is 0 Å². The van der Waals surface area contributed by atoms with Gasteiger partial charge < -0.3 is 15.5 Å². The number of nitrogens with zero attached hydrogens (tertiary/aromatic N) is 1. The average Bonchev–Trinajstić information content (AvgIpc) is 2.29. The minimum atomic E-state index is -4.56. The summed E-state index contributed by atoms with van der Waals surface area (Å²) < 4.78 is 39.2. The van der Waals surface area contributed by atoms with Crippen LogP contribution in [0.3, 0.4) is 0 Å². The molecule has 2 atom stereocenters. The van der Waals surface area contributed by atoms with Crippen LogP contribution in [-0.4, -0.2) is 56.1 Å². The maximum Gasteiger partial charge on any atom is 0.395 e. The van der Waals surface area contributed by atoms with Crippen LogP contribution in [0, 0.1) is 5.92 Å². The molecular weight excluding hydrogens is 251 g/mol. The second kappa shape index (κ2) is 5.13. The number of hydrogen-bond acceptors (Lipinski definition) is 3. The van der Waals surface area contributed by atoms with Gasteiger partial charge in [0.1, 0.15) is 5.54 Å². The van der Waals surface area contributed by atoms with E-state index < -0.39 is 23.5 Å². The number of carbonyl (C=O) groups excluding carboxylic acids is 2. The van der Waals surface area contributed by atoms with E-state index in [9.17, 15) is 22.8 Å². The molecule has 5 nitrogen and oxygen atoms in total. The molecule has 0 aromatic rings. The SMILES string of the molecule is CNC(=O)C1(NC=O)CCN(C)CC1C(F)(F)F. The molecule has 104 valence electrons. The number of amides is 2. The number of rotatable bonds is 3. The minimum absolute atomic E-state index is 0.0773. The van der Waals surface area contributed by atoms with Gasteiger partial charge in [-0.2, -0.15) is 13.2 Å². The highest BCUT2D eigenvalue weighted by Crippen LogP contribution is 2.39. The maximum absolute atomic E-state index is 13.1. The minimum Gasteiger partial charge on any atom is -0.357 e. The summed E-state index contributed by atoms with van der Waals surface area (Å²) in [5.41, 5.74) is -1.92. The predicted molar refractivity (Wildman–Crippen MR) is 57.7 cm³/mol. The van der Waals surface area contributed by atoms with Gasteiger partial charge in [-0.25, -0.2) is 0 Å². The van der Waals surface area contributed by atoms with Gasteiger partial charge in [-0.05, 0) is 13.5 Å². The summed E-state index contributed by atoms with van der Waals surface area (Å²) in [6.45, 7) is -0.0153. The summed E-state index contributed by atoms with van der Waals surface area (Å²) in [6.07, 6.45) is -4.48. The third-order valence-electron chi connectivity index (χ3n) is 3.32. The summed E-state index contributed by atoms with van der Waals surface area (Å²) in [7, 11) is 2.80. The maximum atomic E-state index is 13.1. The molecule has 18 heavy (non-hydrogen) atoms. The van der Waals surface area contributed by atoms with Gasteiger partial charge in [-0.15, -0.1) is 0 Å². The first-order valence-electron chi connectivity index (χ1n) is 5.46. The van der Waals surface area contributed by atoms with Crippen LogP contribution < -0.4 is 10.6 Å². The van der Waals surface area contributed by atoms with Crippen LogP contribution >= 0.6 is 0 Å². The largest absolute Gasteiger partial charge is 0.395 e. The van der Waals surface area contributed by atoms with Crippen LogP contribution in [0.15, 0.2) is 0 Å². The highest BCUT2D eigenvalue weighted by Gasteiger charge is 2.59. The highest BCUT2D eigenvalue weighted by molar-refractivity contribution is 5.88. The van der Waals surface area contributed by atoms with Crippen LogP contribution in [0.1, 0.15) is 6.42 Å². The summed E-state index contributed by atoms with van der Waals surface area (Å²) >= 11 is 0. The third-order valence-corrected chi connectivity index (χ3v) is 3.32. The van der Waals surface area contributed by atoms with E-state index in [1.165, 1.54) is 11.9 Å². The standard InChI is InChI=1S/C10H16F3N3O2/c1-14-8(18)9(15-6-17)3-4-16(2)5-7(9)10(11,12)13/h6-7H,3-5H2,1-2H3,(H,14,18)(H,15,17). The fourth-order valence-electron chi connectivity index (χ4n) is 2.32. The Balaban J connectivity index is 3.17. The second-order valence-corrected chi connectivity index (χ2v) is 4.42. The summed E-state index contributed by atoms with van der Waals surface area (Å²) in [4.78, 5) is 23.9. The van der Waals surface area contributed by atoms with Crippen molar-refractivity contribution in [1.29, 1.82) is 0 Å². The van der Waals surface area contributed by atoms with Crippen molar-refractivity contribution in [3.8, 4) is 0 Å². The Morgan fingerprint density at radius 3 is 2.56 bits per heavy atom. The van der Waals surface area contributed by atoms with E-state index in [4.69, 9.17) is 0 Å². The van der Waals surface area contributed by atoms with Crippen molar-refractivity contribution in [2.45, 2.75) is 18.1 Å². The van der Waals surface area contributed by atoms with Gasteiger partial charge in [-0.1, -0.05) is 0 Å². The van der Waals surface area contributed by atoms with E-state index in [0.29, 0.717) is 6.54 Å². The Bertz CT molecular complexity index is 335. The second-order valence-electron chi connectivity index (χ2n) is 4.42. The predicted octanol–water partition coefficient (Wildman–Crippen LogP) is -0.269. The molecule has 1 fully saturated rings. The molecule has 0 radical (unpaired) electrons. The Hall–Kier alpha value is -1.31. The molecule has 1 rings (SSSR count). The zero-order valence-corrected chi connectivity index (χ0v) is 10.2. The summed E-state index contributed by atoms with van der Waals surface area (Å²) in [6, 6.07) is 0. The molecule has 1 heterocycles. The van der Waals surface area contributed by atoms with Crippen LogP contribution in [0.5, 0.6) is 0 Å². The van der Waals surface area contributed by atoms with E-state index >= 15 is 0 Å². The van der Waals surface area contributed by atoms with Gasteiger partial charge in [0, 0.05) is 20.1 Å². The van der Waals surface area contributed by atoms with Crippen LogP contribution in [0.2, 0.25) is 0 Å². The monoisotopic (exact) mass is 267 g/mol. The number of piperidine rings is 1. The fraction of sp³-hybridized carbons (Fsp3) is 0.800. The first-order valence-corrected chi connectivity index (χ1v) is 5.46. The Kier molecular flexibility index (Phi) is 4.20. The van der Waals surface area contributed by atoms with E-state index in [1.54, 1.807) is 7.05 Å². The summed E-state index contributed by atoms with van der Waals surface area (Å²) in [5, 5.41) is 4.28. The third kappa shape index (κ3) is 2.58. The van der Waals surface area contributed by atoms with Crippen molar-refractivity contribution in [2.75, 3.05) is 27.2 Å². The van der Waals surface area contributed by atoms with Crippen LogP contribution in [0.4, 0.5) is 13.2 Å². The number of likely N-dealkylation sites (tertiary alicyclic amines) is 1. The van der Waals surface area contributed by atoms with Gasteiger partial charge in [0.15, 0.2) is 0 Å². The van der Waals surface area contributed by atoms with Gasteiger partial charge >= 0.3 is 6.18 Å². The van der Waals surface area contributed by atoms with E-state index in [0.717, 1.165) is 0 Å². The quantitative estimate of drug-likeness (QED) is 0.692. The Morgan fingerprint density at radius 1 is 1.50 bits per heavy atom. The van der Waals surface area contributed by atoms with Crippen molar-refractivity contribution in [3.05, 3.63) is 0 Å². The van der Waals surface area contributed by atoms with E-state index in [-0.39, 0.29) is 19.4 Å². The smallest absolute Gasteiger partial charge is 0.357 e. The van der Waals surface area contributed by atoms with Crippen LogP contribution in [-0.2, 0) is 9.59 Å². The Morgan fingerprint density at radius 2 is 2.11 bits per heavy atom. The molecule has 2 amide bonds. The topological polar surface area (TPSA) is 61.4 Å². The normalized spacial score (nSPS) is 29.7. The van der Waals surface area contributed by atoms with Gasteiger partial charge in [0.25, 0.3) is 0 Å². The molecule has 1 aliphatic heterocycles. The summed E-state index contributed by atoms with van der Waals surface area (Å²) in [5.74, 6) is -2.74. The number of carbonyl (C=O) groups is 2. The molecule has 0 saturated carbocycles. The average molecular weight is 267 g/mol. The number of likely N-dealkylation sites (N-methyl/N-ethyl adjacent to an activating group) is 1. The molecule has 1 saturated heterocycles. The molecule has 0 bridgehead atoms. The zero-order chi connectivity index (χ0) is 14.0. The Labute approximate surface area is 103 Å². The van der Waals surface area contributed by atoms with E-state index in [1.807, 2.05) is 0 Å². The number of hydrogen-bond donors (Lipinski definition) is 2. The highest BCUT2D eigenvalue weighted by atomic mass is 19.4. The molecule has 0 aliphatic carbocycles. The van der Waals surface area contributed by atoms with Crippen molar-refractivity contribution in [2.24, 2.45) is 5.92 Å². The molecule has 2 N–H and O–H groups in total. The molecule has 0 aromatic heterocycles. The molecule has 2 unspecified atom stereocenters. The lowest BCUT2D eigenvalue weighted by Crippen LogP contribution is -2.69. The first-order chi connectivity index (χ1) is 8.28. The van der Waals surface area contributed by atoms with Crippen molar-refractivity contribution >= 4 is 12.3 Å². The lowest BCUT2D eigenvalue weighted by Gasteiger charge is -2.45. The van der Waals surface area contributed by atoms with Gasteiger partial charge in [0.05, 0.1) is 5.92 Å². The number of alkyl halides is 3. The van der Waals surface area contributed by atoms with Crippen LogP contribution in [0.25, 0.3) is 0 Å². The lowest BCUT2D eigenvalue weighted by atomic mass is 9.76. The fourth-order valence-corrected chi connectivity index (χ4v) is 2.32. The van der Waals surface area contributed by atoms with Crippen molar-refractivity contribution in [1.82, 2.24) is 15.5 Å². The molecular formula is C10H16F3N3O2. The lowest BCUT2D eigenvalue weighted by molar-refractivity contribution is -0.210. The van der Waals surface area contributed by atoms with Crippen molar-refractivity contribution < 1.29 is 22.8 Å². The van der Waals surface area contributed by atoms with E-state index in [2.05, 4.69) is 10.6 Å². The number of halogens is 3. The number of nitrogens with one attached hydrogen (secondary N) is 2. The molecule has 8 heteroatoms. The zero-order valence-electron chi connectivity index (χ0n) is 10.2. The molecule has 0 spiro atoms. The molecule has 1 aliphatic rings. The first kappa shape index (κ1) is 14.7.